The van der Waals surface area contributed by atoms with Crippen molar-refractivity contribution in [3.8, 4) is 0 Å². The number of alkyl halides is 3. The minimum absolute atomic E-state index is 0. The molecule has 1 atom stereocenters. The third-order valence-corrected chi connectivity index (χ3v) is 4.47. The van der Waals surface area contributed by atoms with Gasteiger partial charge in [0.15, 0.2) is 0 Å². The Morgan fingerprint density at radius 1 is 1.14 bits per heavy atom. The van der Waals surface area contributed by atoms with Crippen LogP contribution < -0.4 is 5.32 Å². The van der Waals surface area contributed by atoms with Gasteiger partial charge < -0.3 is 5.32 Å². The van der Waals surface area contributed by atoms with Crippen molar-refractivity contribution < 1.29 is 13.2 Å². The molecule has 1 N–H and O–H groups in total. The second kappa shape index (κ2) is 7.20. The van der Waals surface area contributed by atoms with Crippen LogP contribution in [0.2, 0.25) is 0 Å². The maximum atomic E-state index is 13.3. The van der Waals surface area contributed by atoms with Crippen LogP contribution in [0.4, 0.5) is 13.2 Å². The van der Waals surface area contributed by atoms with Crippen molar-refractivity contribution in [2.45, 2.75) is 31.5 Å². The molecule has 1 heterocycles. The molecule has 1 aliphatic carbocycles. The van der Waals surface area contributed by atoms with Gasteiger partial charge in [-0.25, -0.2) is 0 Å². The number of piperazine rings is 1. The van der Waals surface area contributed by atoms with Crippen LogP contribution in [-0.2, 0) is 6.18 Å². The van der Waals surface area contributed by atoms with Crippen LogP contribution in [0, 0.1) is 5.92 Å². The molecule has 2 fully saturated rings. The van der Waals surface area contributed by atoms with Crippen LogP contribution in [0.25, 0.3) is 0 Å². The van der Waals surface area contributed by atoms with Crippen molar-refractivity contribution in [2.24, 2.45) is 5.92 Å². The number of halogens is 4. The van der Waals surface area contributed by atoms with E-state index in [-0.39, 0.29) is 18.4 Å². The van der Waals surface area contributed by atoms with Crippen molar-refractivity contribution in [1.82, 2.24) is 10.2 Å². The van der Waals surface area contributed by atoms with E-state index >= 15 is 0 Å². The summed E-state index contributed by atoms with van der Waals surface area (Å²) >= 11 is 0. The maximum absolute atomic E-state index is 13.3. The molecule has 3 rings (SSSR count). The lowest BCUT2D eigenvalue weighted by Gasteiger charge is -2.36. The largest absolute Gasteiger partial charge is 0.416 e. The van der Waals surface area contributed by atoms with Crippen molar-refractivity contribution in [2.75, 3.05) is 26.2 Å². The summed E-state index contributed by atoms with van der Waals surface area (Å²) in [5, 5.41) is 3.27. The van der Waals surface area contributed by atoms with E-state index in [1.165, 1.54) is 12.1 Å². The number of benzene rings is 1. The topological polar surface area (TPSA) is 15.3 Å². The quantitative estimate of drug-likeness (QED) is 0.899. The summed E-state index contributed by atoms with van der Waals surface area (Å²) < 4.78 is 39.9. The van der Waals surface area contributed by atoms with E-state index in [4.69, 9.17) is 0 Å². The van der Waals surface area contributed by atoms with Crippen molar-refractivity contribution >= 4 is 12.4 Å². The van der Waals surface area contributed by atoms with Gasteiger partial charge in [-0.1, -0.05) is 31.0 Å². The number of nitrogens with one attached hydrogen (secondary N) is 1. The van der Waals surface area contributed by atoms with E-state index in [0.717, 1.165) is 45.4 Å². The molecule has 2 aliphatic rings. The van der Waals surface area contributed by atoms with Crippen molar-refractivity contribution in [1.29, 1.82) is 0 Å². The molecule has 0 aromatic heterocycles. The number of rotatable bonds is 4. The van der Waals surface area contributed by atoms with E-state index in [0.29, 0.717) is 11.5 Å². The average molecular weight is 335 g/mol. The molecule has 1 saturated carbocycles. The van der Waals surface area contributed by atoms with Gasteiger partial charge in [0, 0.05) is 32.2 Å². The molecule has 1 aromatic rings. The van der Waals surface area contributed by atoms with E-state index in [2.05, 4.69) is 10.2 Å². The smallest absolute Gasteiger partial charge is 0.314 e. The highest BCUT2D eigenvalue weighted by molar-refractivity contribution is 5.85. The van der Waals surface area contributed by atoms with Gasteiger partial charge in [0.25, 0.3) is 0 Å². The minimum Gasteiger partial charge on any atom is -0.314 e. The summed E-state index contributed by atoms with van der Waals surface area (Å²) in [6.45, 7) is 3.36. The summed E-state index contributed by atoms with van der Waals surface area (Å²) in [5.41, 5.74) is -0.00650. The first-order chi connectivity index (χ1) is 10.1. The lowest BCUT2D eigenvalue weighted by molar-refractivity contribution is -0.138. The number of nitrogens with zero attached hydrogens (tertiary/aromatic N) is 1. The molecular formula is C16H22ClF3N2. The normalized spacial score (nSPS) is 21.2. The Hall–Kier alpha value is -0.780. The molecular weight excluding hydrogens is 313 g/mol. The monoisotopic (exact) mass is 334 g/mol. The molecule has 0 bridgehead atoms. The molecule has 1 saturated heterocycles. The van der Waals surface area contributed by atoms with Crippen LogP contribution in [0.15, 0.2) is 24.3 Å². The van der Waals surface area contributed by atoms with Gasteiger partial charge in [-0.3, -0.25) is 4.90 Å². The Labute approximate surface area is 135 Å². The Morgan fingerprint density at radius 2 is 1.77 bits per heavy atom. The van der Waals surface area contributed by atoms with Gasteiger partial charge in [-0.2, -0.15) is 13.2 Å². The molecule has 22 heavy (non-hydrogen) atoms. The summed E-state index contributed by atoms with van der Waals surface area (Å²) in [5.74, 6) is 0.603. The fraction of sp³-hybridized carbons (Fsp3) is 0.625. The van der Waals surface area contributed by atoms with Crippen LogP contribution in [0.1, 0.15) is 36.4 Å². The Bertz CT molecular complexity index is 483. The van der Waals surface area contributed by atoms with Crippen LogP contribution in [0.3, 0.4) is 0 Å². The fourth-order valence-corrected chi connectivity index (χ4v) is 3.18. The zero-order valence-electron chi connectivity index (χ0n) is 12.4. The van der Waals surface area contributed by atoms with E-state index in [1.807, 2.05) is 0 Å². The first kappa shape index (κ1) is 17.6. The number of hydrogen-bond acceptors (Lipinski definition) is 2. The summed E-state index contributed by atoms with van der Waals surface area (Å²) in [7, 11) is 0. The second-order valence-corrected chi connectivity index (χ2v) is 6.07. The summed E-state index contributed by atoms with van der Waals surface area (Å²) in [6.07, 6.45) is -1.09. The molecule has 0 spiro atoms. The van der Waals surface area contributed by atoms with Crippen LogP contribution in [0.5, 0.6) is 0 Å². The Balaban J connectivity index is 0.00000176. The minimum atomic E-state index is -4.27. The van der Waals surface area contributed by atoms with E-state index in [9.17, 15) is 13.2 Å². The third kappa shape index (κ3) is 4.15. The van der Waals surface area contributed by atoms with Gasteiger partial charge >= 0.3 is 6.18 Å². The molecule has 0 radical (unpaired) electrons. The lowest BCUT2D eigenvalue weighted by atomic mass is 9.94. The molecule has 1 aliphatic heterocycles. The predicted octanol–water partition coefficient (Wildman–Crippen LogP) is 3.87. The standard InChI is InChI=1S/C16H21F3N2.ClH/c17-16(18,19)14-4-2-1-3-13(14)15(11-12-5-6-12)21-9-7-20-8-10-21;/h1-4,12,15,20H,5-11H2;1H/t15-;/m1./s1. The molecule has 1 aromatic carbocycles. The summed E-state index contributed by atoms with van der Waals surface area (Å²) in [6, 6.07) is 6.00. The molecule has 2 nitrogen and oxygen atoms in total. The predicted molar refractivity (Wildman–Crippen MR) is 83.2 cm³/mol. The SMILES string of the molecule is Cl.FC(F)(F)c1ccccc1[C@@H](CC1CC1)N1CCNCC1. The van der Waals surface area contributed by atoms with E-state index in [1.54, 1.807) is 12.1 Å². The average Bonchev–Trinajstić information content (AvgIpc) is 3.29. The first-order valence-corrected chi connectivity index (χ1v) is 7.66. The van der Waals surface area contributed by atoms with Gasteiger partial charge in [0.1, 0.15) is 0 Å². The van der Waals surface area contributed by atoms with Crippen LogP contribution in [-0.4, -0.2) is 31.1 Å². The van der Waals surface area contributed by atoms with E-state index < -0.39 is 11.7 Å². The molecule has 124 valence electrons. The lowest BCUT2D eigenvalue weighted by Crippen LogP contribution is -2.45. The van der Waals surface area contributed by atoms with Gasteiger partial charge in [0.05, 0.1) is 5.56 Å². The van der Waals surface area contributed by atoms with Crippen LogP contribution >= 0.6 is 12.4 Å². The highest BCUT2D eigenvalue weighted by Crippen LogP contribution is 2.43. The van der Waals surface area contributed by atoms with Crippen molar-refractivity contribution in [3.05, 3.63) is 35.4 Å². The highest BCUT2D eigenvalue weighted by atomic mass is 35.5. The molecule has 0 unspecified atom stereocenters. The van der Waals surface area contributed by atoms with Crippen molar-refractivity contribution in [3.63, 3.8) is 0 Å². The zero-order valence-corrected chi connectivity index (χ0v) is 13.2. The summed E-state index contributed by atoms with van der Waals surface area (Å²) in [4.78, 5) is 2.22. The van der Waals surface area contributed by atoms with Gasteiger partial charge in [-0.15, -0.1) is 12.4 Å². The fourth-order valence-electron chi connectivity index (χ4n) is 3.18. The zero-order chi connectivity index (χ0) is 14.9. The highest BCUT2D eigenvalue weighted by Gasteiger charge is 2.38. The molecule has 6 heteroatoms. The maximum Gasteiger partial charge on any atom is 0.416 e. The Morgan fingerprint density at radius 3 is 2.36 bits per heavy atom. The Kier molecular flexibility index (Phi) is 5.75. The first-order valence-electron chi connectivity index (χ1n) is 7.66. The third-order valence-electron chi connectivity index (χ3n) is 4.47. The molecule has 0 amide bonds. The van der Waals surface area contributed by atoms with Gasteiger partial charge in [-0.05, 0) is 24.0 Å². The second-order valence-electron chi connectivity index (χ2n) is 6.07. The van der Waals surface area contributed by atoms with Gasteiger partial charge in [0.2, 0.25) is 0 Å². The number of hydrogen-bond donors (Lipinski definition) is 1.